The van der Waals surface area contributed by atoms with Crippen molar-refractivity contribution in [1.29, 1.82) is 5.26 Å². The van der Waals surface area contributed by atoms with Crippen LogP contribution in [-0.2, 0) is 0 Å². The standard InChI is InChI=1S/C15H11F2N3O/c1-9-2-3-10(8-18)6-14(9)20-15(21)19-13-5-4-11(16)7-12(13)17/h2-7H,1H3,(H2,19,20,21). The minimum absolute atomic E-state index is 0.136. The second-order valence-corrected chi connectivity index (χ2v) is 4.34. The molecule has 2 aromatic carbocycles. The molecule has 21 heavy (non-hydrogen) atoms. The van der Waals surface area contributed by atoms with Crippen LogP contribution < -0.4 is 10.6 Å². The lowest BCUT2D eigenvalue weighted by molar-refractivity contribution is 0.262. The topological polar surface area (TPSA) is 64.9 Å². The Bertz CT molecular complexity index is 738. The number of hydrogen-bond acceptors (Lipinski definition) is 2. The minimum Gasteiger partial charge on any atom is -0.307 e. The highest BCUT2D eigenvalue weighted by molar-refractivity contribution is 6.00. The molecular weight excluding hydrogens is 276 g/mol. The Labute approximate surface area is 120 Å². The molecule has 0 aliphatic carbocycles. The van der Waals surface area contributed by atoms with Gasteiger partial charge in [0.15, 0.2) is 0 Å². The van der Waals surface area contributed by atoms with E-state index in [4.69, 9.17) is 5.26 Å². The van der Waals surface area contributed by atoms with Gasteiger partial charge < -0.3 is 10.6 Å². The lowest BCUT2D eigenvalue weighted by Gasteiger charge is -2.10. The highest BCUT2D eigenvalue weighted by atomic mass is 19.1. The van der Waals surface area contributed by atoms with Gasteiger partial charge in [0.05, 0.1) is 17.3 Å². The van der Waals surface area contributed by atoms with E-state index in [2.05, 4.69) is 10.6 Å². The third-order valence-electron chi connectivity index (χ3n) is 2.79. The van der Waals surface area contributed by atoms with Crippen LogP contribution >= 0.6 is 0 Å². The van der Waals surface area contributed by atoms with Crippen molar-refractivity contribution in [3.05, 3.63) is 59.2 Å². The Balaban J connectivity index is 2.13. The molecule has 106 valence electrons. The van der Waals surface area contributed by atoms with Crippen molar-refractivity contribution in [2.45, 2.75) is 6.92 Å². The van der Waals surface area contributed by atoms with E-state index in [9.17, 15) is 13.6 Å². The number of anilines is 2. The number of hydrogen-bond donors (Lipinski definition) is 2. The van der Waals surface area contributed by atoms with Crippen molar-refractivity contribution in [1.82, 2.24) is 0 Å². The summed E-state index contributed by atoms with van der Waals surface area (Å²) in [6.45, 7) is 1.76. The van der Waals surface area contributed by atoms with Gasteiger partial charge in [0.25, 0.3) is 0 Å². The number of halogens is 2. The lowest BCUT2D eigenvalue weighted by atomic mass is 10.1. The van der Waals surface area contributed by atoms with Crippen LogP contribution in [0.4, 0.5) is 25.0 Å². The van der Waals surface area contributed by atoms with Crippen molar-refractivity contribution in [3.8, 4) is 6.07 Å². The molecule has 4 nitrogen and oxygen atoms in total. The van der Waals surface area contributed by atoms with Gasteiger partial charge in [0.2, 0.25) is 0 Å². The van der Waals surface area contributed by atoms with Crippen LogP contribution in [0.5, 0.6) is 0 Å². The number of nitrogens with zero attached hydrogens (tertiary/aromatic N) is 1. The molecule has 0 heterocycles. The summed E-state index contributed by atoms with van der Waals surface area (Å²) in [6.07, 6.45) is 0. The van der Waals surface area contributed by atoms with Gasteiger partial charge in [0.1, 0.15) is 11.6 Å². The summed E-state index contributed by atoms with van der Waals surface area (Å²) >= 11 is 0. The molecule has 0 radical (unpaired) electrons. The van der Waals surface area contributed by atoms with E-state index in [0.717, 1.165) is 17.7 Å². The molecule has 0 saturated heterocycles. The summed E-state index contributed by atoms with van der Waals surface area (Å²) in [7, 11) is 0. The molecule has 2 amide bonds. The third-order valence-corrected chi connectivity index (χ3v) is 2.79. The molecule has 0 aliphatic rings. The summed E-state index contributed by atoms with van der Waals surface area (Å²) in [5.41, 5.74) is 1.45. The van der Waals surface area contributed by atoms with Crippen molar-refractivity contribution >= 4 is 17.4 Å². The van der Waals surface area contributed by atoms with Crippen molar-refractivity contribution in [2.75, 3.05) is 10.6 Å². The fourth-order valence-electron chi connectivity index (χ4n) is 1.69. The first-order valence-corrected chi connectivity index (χ1v) is 6.03. The minimum atomic E-state index is -0.868. The van der Waals surface area contributed by atoms with E-state index in [1.807, 2.05) is 6.07 Å². The van der Waals surface area contributed by atoms with E-state index in [1.54, 1.807) is 19.1 Å². The molecule has 0 saturated carbocycles. The monoisotopic (exact) mass is 287 g/mol. The van der Waals surface area contributed by atoms with Gasteiger partial charge in [-0.05, 0) is 36.8 Å². The van der Waals surface area contributed by atoms with Crippen molar-refractivity contribution < 1.29 is 13.6 Å². The highest BCUT2D eigenvalue weighted by Gasteiger charge is 2.09. The van der Waals surface area contributed by atoms with Crippen LogP contribution in [-0.4, -0.2) is 6.03 Å². The molecular formula is C15H11F2N3O. The van der Waals surface area contributed by atoms with Crippen LogP contribution in [0.25, 0.3) is 0 Å². The van der Waals surface area contributed by atoms with Gasteiger partial charge in [-0.15, -0.1) is 0 Å². The molecule has 0 bridgehead atoms. The maximum atomic E-state index is 13.4. The quantitative estimate of drug-likeness (QED) is 0.882. The highest BCUT2D eigenvalue weighted by Crippen LogP contribution is 2.18. The molecule has 0 fully saturated rings. The number of benzene rings is 2. The van der Waals surface area contributed by atoms with Crippen LogP contribution in [0.15, 0.2) is 36.4 Å². The number of rotatable bonds is 2. The fourth-order valence-corrected chi connectivity index (χ4v) is 1.69. The average Bonchev–Trinajstić information content (AvgIpc) is 2.44. The zero-order chi connectivity index (χ0) is 15.4. The molecule has 0 aliphatic heterocycles. The van der Waals surface area contributed by atoms with E-state index >= 15 is 0 Å². The number of carbonyl (C=O) groups is 1. The Morgan fingerprint density at radius 2 is 1.81 bits per heavy atom. The van der Waals surface area contributed by atoms with Gasteiger partial charge in [-0.25, -0.2) is 13.6 Å². The second-order valence-electron chi connectivity index (χ2n) is 4.34. The van der Waals surface area contributed by atoms with Gasteiger partial charge in [-0.3, -0.25) is 0 Å². The van der Waals surface area contributed by atoms with Gasteiger partial charge in [-0.2, -0.15) is 5.26 Å². The van der Waals surface area contributed by atoms with Crippen LogP contribution in [0, 0.1) is 29.9 Å². The van der Waals surface area contributed by atoms with E-state index in [0.29, 0.717) is 17.3 Å². The lowest BCUT2D eigenvalue weighted by Crippen LogP contribution is -2.20. The first kappa shape index (κ1) is 14.5. The number of nitrogens with one attached hydrogen (secondary N) is 2. The van der Waals surface area contributed by atoms with Gasteiger partial charge in [-0.1, -0.05) is 6.07 Å². The molecule has 0 unspecified atom stereocenters. The van der Waals surface area contributed by atoms with Crippen LogP contribution in [0.1, 0.15) is 11.1 Å². The second kappa shape index (κ2) is 6.01. The number of carbonyl (C=O) groups excluding carboxylic acids is 1. The average molecular weight is 287 g/mol. The molecule has 0 spiro atoms. The van der Waals surface area contributed by atoms with Crippen LogP contribution in [0.2, 0.25) is 0 Å². The summed E-state index contributed by atoms with van der Waals surface area (Å²) in [6, 6.07) is 8.95. The third kappa shape index (κ3) is 3.54. The Hall–Kier alpha value is -2.94. The normalized spacial score (nSPS) is 9.81. The van der Waals surface area contributed by atoms with Gasteiger partial charge in [0, 0.05) is 11.8 Å². The largest absolute Gasteiger partial charge is 0.323 e. The maximum Gasteiger partial charge on any atom is 0.323 e. The maximum absolute atomic E-state index is 13.4. The predicted molar refractivity (Wildman–Crippen MR) is 74.9 cm³/mol. The van der Waals surface area contributed by atoms with E-state index in [1.165, 1.54) is 6.07 Å². The van der Waals surface area contributed by atoms with Crippen LogP contribution in [0.3, 0.4) is 0 Å². The first-order chi connectivity index (χ1) is 9.99. The number of amides is 2. The number of aryl methyl sites for hydroxylation is 1. The number of urea groups is 1. The summed E-state index contributed by atoms with van der Waals surface area (Å²) in [4.78, 5) is 11.8. The molecule has 2 N–H and O–H groups in total. The molecule has 2 rings (SSSR count). The number of nitriles is 1. The van der Waals surface area contributed by atoms with Crippen molar-refractivity contribution in [2.24, 2.45) is 0 Å². The SMILES string of the molecule is Cc1ccc(C#N)cc1NC(=O)Nc1ccc(F)cc1F. The van der Waals surface area contributed by atoms with E-state index in [-0.39, 0.29) is 5.69 Å². The Morgan fingerprint density at radius 3 is 2.48 bits per heavy atom. The van der Waals surface area contributed by atoms with Crippen molar-refractivity contribution in [3.63, 3.8) is 0 Å². The molecule has 6 heteroatoms. The predicted octanol–water partition coefficient (Wildman–Crippen LogP) is 3.79. The first-order valence-electron chi connectivity index (χ1n) is 6.03. The summed E-state index contributed by atoms with van der Waals surface area (Å²) < 4.78 is 26.2. The summed E-state index contributed by atoms with van der Waals surface area (Å²) in [5.74, 6) is -1.59. The smallest absolute Gasteiger partial charge is 0.307 e. The fraction of sp³-hybridized carbons (Fsp3) is 0.0667. The Kier molecular flexibility index (Phi) is 4.14. The Morgan fingerprint density at radius 1 is 1.10 bits per heavy atom. The molecule has 2 aromatic rings. The van der Waals surface area contributed by atoms with E-state index < -0.39 is 17.7 Å². The zero-order valence-electron chi connectivity index (χ0n) is 11.1. The molecule has 0 aromatic heterocycles. The van der Waals surface area contributed by atoms with Gasteiger partial charge >= 0.3 is 6.03 Å². The summed E-state index contributed by atoms with van der Waals surface area (Å²) in [5, 5.41) is 13.6. The molecule has 0 atom stereocenters. The zero-order valence-corrected chi connectivity index (χ0v) is 11.1.